The van der Waals surface area contributed by atoms with E-state index in [0.29, 0.717) is 6.42 Å². The summed E-state index contributed by atoms with van der Waals surface area (Å²) < 4.78 is 0. The number of aromatic nitrogens is 2. The lowest BCUT2D eigenvalue weighted by Crippen LogP contribution is -2.29. The van der Waals surface area contributed by atoms with Crippen LogP contribution in [0.1, 0.15) is 32.4 Å². The third-order valence-corrected chi connectivity index (χ3v) is 2.39. The van der Waals surface area contributed by atoms with Crippen molar-refractivity contribution in [3.8, 4) is 6.07 Å². The lowest BCUT2D eigenvalue weighted by molar-refractivity contribution is 0.317. The van der Waals surface area contributed by atoms with Gasteiger partial charge in [-0.3, -0.25) is 5.10 Å². The average Bonchev–Trinajstić information content (AvgIpc) is 2.67. The summed E-state index contributed by atoms with van der Waals surface area (Å²) in [6.45, 7) is 6.05. The summed E-state index contributed by atoms with van der Waals surface area (Å²) in [4.78, 5) is 0. The van der Waals surface area contributed by atoms with Crippen LogP contribution in [0.3, 0.4) is 0 Å². The van der Waals surface area contributed by atoms with Gasteiger partial charge in [0.2, 0.25) is 0 Å². The van der Waals surface area contributed by atoms with E-state index in [1.54, 1.807) is 6.20 Å². The van der Waals surface area contributed by atoms with Crippen molar-refractivity contribution in [1.29, 1.82) is 5.26 Å². The second kappa shape index (κ2) is 5.52. The van der Waals surface area contributed by atoms with E-state index in [-0.39, 0.29) is 5.41 Å². The van der Waals surface area contributed by atoms with Crippen molar-refractivity contribution >= 4 is 0 Å². The Bertz CT molecular complexity index is 308. The number of nitriles is 1. The van der Waals surface area contributed by atoms with Crippen molar-refractivity contribution in [3.05, 3.63) is 18.0 Å². The molecule has 0 saturated carbocycles. The highest BCUT2D eigenvalue weighted by Gasteiger charge is 2.16. The van der Waals surface area contributed by atoms with Crippen LogP contribution in [0.4, 0.5) is 0 Å². The van der Waals surface area contributed by atoms with Gasteiger partial charge in [-0.1, -0.05) is 13.8 Å². The maximum absolute atomic E-state index is 8.52. The SMILES string of the molecule is CC(C)(CCC#N)CNCc1ccn[nH]1. The largest absolute Gasteiger partial charge is 0.311 e. The van der Waals surface area contributed by atoms with Crippen LogP contribution in [-0.4, -0.2) is 16.7 Å². The minimum Gasteiger partial charge on any atom is -0.311 e. The molecule has 0 radical (unpaired) electrons. The number of aromatic amines is 1. The van der Waals surface area contributed by atoms with E-state index in [4.69, 9.17) is 5.26 Å². The van der Waals surface area contributed by atoms with E-state index in [2.05, 4.69) is 35.4 Å². The van der Waals surface area contributed by atoms with Gasteiger partial charge >= 0.3 is 0 Å². The van der Waals surface area contributed by atoms with E-state index in [0.717, 1.165) is 25.2 Å². The van der Waals surface area contributed by atoms with Crippen molar-refractivity contribution in [1.82, 2.24) is 15.5 Å². The highest BCUT2D eigenvalue weighted by Crippen LogP contribution is 2.20. The van der Waals surface area contributed by atoms with Crippen molar-refractivity contribution in [2.24, 2.45) is 5.41 Å². The molecule has 0 amide bonds. The number of nitrogens with one attached hydrogen (secondary N) is 2. The minimum atomic E-state index is 0.176. The highest BCUT2D eigenvalue weighted by molar-refractivity contribution is 4.96. The third-order valence-electron chi connectivity index (χ3n) is 2.39. The summed E-state index contributed by atoms with van der Waals surface area (Å²) in [6.07, 6.45) is 3.30. The molecule has 0 atom stereocenters. The van der Waals surface area contributed by atoms with E-state index < -0.39 is 0 Å². The predicted molar refractivity (Wildman–Crippen MR) is 58.9 cm³/mol. The van der Waals surface area contributed by atoms with Gasteiger partial charge in [-0.15, -0.1) is 0 Å². The molecule has 0 unspecified atom stereocenters. The summed E-state index contributed by atoms with van der Waals surface area (Å²) >= 11 is 0. The molecule has 0 bridgehead atoms. The molecule has 0 fully saturated rings. The molecule has 0 aliphatic rings. The molecular weight excluding hydrogens is 188 g/mol. The second-order valence-electron chi connectivity index (χ2n) is 4.51. The van der Waals surface area contributed by atoms with Crippen molar-refractivity contribution in [2.75, 3.05) is 6.54 Å². The van der Waals surface area contributed by atoms with Crippen LogP contribution in [-0.2, 0) is 6.54 Å². The van der Waals surface area contributed by atoms with E-state index >= 15 is 0 Å². The number of H-pyrrole nitrogens is 1. The zero-order valence-corrected chi connectivity index (χ0v) is 9.38. The van der Waals surface area contributed by atoms with Crippen LogP contribution in [0.15, 0.2) is 12.3 Å². The van der Waals surface area contributed by atoms with Gasteiger partial charge in [0.15, 0.2) is 0 Å². The van der Waals surface area contributed by atoms with Crippen LogP contribution in [0, 0.1) is 16.7 Å². The molecule has 82 valence electrons. The standard InChI is InChI=1S/C11H18N4/c1-11(2,5-3-6-12)9-13-8-10-4-7-14-15-10/h4,7,13H,3,5,8-9H2,1-2H3,(H,14,15). The van der Waals surface area contributed by atoms with Gasteiger partial charge in [-0.2, -0.15) is 10.4 Å². The Hall–Kier alpha value is -1.34. The molecule has 1 aromatic heterocycles. The number of hydrogen-bond donors (Lipinski definition) is 2. The Morgan fingerprint density at radius 3 is 3.00 bits per heavy atom. The molecule has 15 heavy (non-hydrogen) atoms. The number of nitrogens with zero attached hydrogens (tertiary/aromatic N) is 2. The lowest BCUT2D eigenvalue weighted by Gasteiger charge is -2.23. The van der Waals surface area contributed by atoms with Crippen LogP contribution < -0.4 is 5.32 Å². The fourth-order valence-corrected chi connectivity index (χ4v) is 1.40. The summed E-state index contributed by atoms with van der Waals surface area (Å²) in [5.74, 6) is 0. The molecule has 0 aliphatic carbocycles. The van der Waals surface area contributed by atoms with Crippen LogP contribution in [0.5, 0.6) is 0 Å². The highest BCUT2D eigenvalue weighted by atomic mass is 15.1. The summed E-state index contributed by atoms with van der Waals surface area (Å²) in [7, 11) is 0. The van der Waals surface area contributed by atoms with Crippen molar-refractivity contribution in [2.45, 2.75) is 33.2 Å². The number of rotatable bonds is 6. The Morgan fingerprint density at radius 2 is 2.40 bits per heavy atom. The summed E-state index contributed by atoms with van der Waals surface area (Å²) in [5, 5.41) is 18.7. The normalized spacial score (nSPS) is 11.3. The molecule has 4 nitrogen and oxygen atoms in total. The van der Waals surface area contributed by atoms with Gasteiger partial charge in [-0.25, -0.2) is 0 Å². The average molecular weight is 206 g/mol. The molecular formula is C11H18N4. The Kier molecular flexibility index (Phi) is 4.32. The third kappa shape index (κ3) is 4.61. The van der Waals surface area contributed by atoms with E-state index in [9.17, 15) is 0 Å². The topological polar surface area (TPSA) is 64.5 Å². The van der Waals surface area contributed by atoms with E-state index in [1.807, 2.05) is 6.07 Å². The van der Waals surface area contributed by atoms with Gasteiger partial charge in [0.1, 0.15) is 0 Å². The quantitative estimate of drug-likeness (QED) is 0.746. The molecule has 0 spiro atoms. The fraction of sp³-hybridized carbons (Fsp3) is 0.636. The van der Waals surface area contributed by atoms with Gasteiger partial charge in [0.05, 0.1) is 6.07 Å². The van der Waals surface area contributed by atoms with Crippen LogP contribution >= 0.6 is 0 Å². The number of hydrogen-bond acceptors (Lipinski definition) is 3. The summed E-state index contributed by atoms with van der Waals surface area (Å²) in [6, 6.07) is 4.14. The van der Waals surface area contributed by atoms with Gasteiger partial charge in [0, 0.05) is 31.4 Å². The molecule has 1 aromatic rings. The fourth-order valence-electron chi connectivity index (χ4n) is 1.40. The van der Waals surface area contributed by atoms with Crippen molar-refractivity contribution < 1.29 is 0 Å². The first kappa shape index (κ1) is 11.7. The first-order chi connectivity index (χ1) is 7.14. The second-order valence-corrected chi connectivity index (χ2v) is 4.51. The zero-order chi connectivity index (χ0) is 11.1. The molecule has 1 rings (SSSR count). The lowest BCUT2D eigenvalue weighted by atomic mass is 9.88. The first-order valence-electron chi connectivity index (χ1n) is 5.20. The van der Waals surface area contributed by atoms with Gasteiger partial charge in [0.25, 0.3) is 0 Å². The molecule has 2 N–H and O–H groups in total. The minimum absolute atomic E-state index is 0.176. The monoisotopic (exact) mass is 206 g/mol. The Labute approximate surface area is 90.7 Å². The molecule has 4 heteroatoms. The maximum Gasteiger partial charge on any atom is 0.0621 e. The van der Waals surface area contributed by atoms with Crippen molar-refractivity contribution in [3.63, 3.8) is 0 Å². The maximum atomic E-state index is 8.52. The smallest absolute Gasteiger partial charge is 0.0621 e. The van der Waals surface area contributed by atoms with Gasteiger partial charge in [-0.05, 0) is 17.9 Å². The van der Waals surface area contributed by atoms with Crippen LogP contribution in [0.2, 0.25) is 0 Å². The Morgan fingerprint density at radius 1 is 1.60 bits per heavy atom. The molecule has 1 heterocycles. The van der Waals surface area contributed by atoms with Crippen LogP contribution in [0.25, 0.3) is 0 Å². The molecule has 0 aromatic carbocycles. The predicted octanol–water partition coefficient (Wildman–Crippen LogP) is 1.83. The van der Waals surface area contributed by atoms with E-state index in [1.165, 1.54) is 0 Å². The van der Waals surface area contributed by atoms with Gasteiger partial charge < -0.3 is 5.32 Å². The first-order valence-corrected chi connectivity index (χ1v) is 5.20. The molecule has 0 saturated heterocycles. The molecule has 0 aliphatic heterocycles. The summed E-state index contributed by atoms with van der Waals surface area (Å²) in [5.41, 5.74) is 1.27. The zero-order valence-electron chi connectivity index (χ0n) is 9.38. The Balaban J connectivity index is 2.21.